The number of benzene rings is 1. The molecule has 0 radical (unpaired) electrons. The summed E-state index contributed by atoms with van der Waals surface area (Å²) in [5.74, 6) is 0.945. The summed E-state index contributed by atoms with van der Waals surface area (Å²) in [5, 5.41) is 20.0. The second kappa shape index (κ2) is 7.48. The van der Waals surface area contributed by atoms with Crippen molar-refractivity contribution in [1.82, 2.24) is 0 Å². The molecule has 0 saturated heterocycles. The zero-order chi connectivity index (χ0) is 11.3. The predicted octanol–water partition coefficient (Wildman–Crippen LogP) is 2.07. The molecule has 7 heteroatoms. The molecular weight excluding hydrogens is 296 g/mol. The topological polar surface area (TPSA) is 89.4 Å². The minimum atomic E-state index is -0.562. The number of hydrogen-bond acceptors (Lipinski definition) is 5. The Morgan fingerprint density at radius 2 is 2.19 bits per heavy atom. The van der Waals surface area contributed by atoms with Crippen LogP contribution >= 0.6 is 28.7 Å². The molecule has 0 saturated carbocycles. The monoisotopic (exact) mass is 308 g/mol. The lowest BCUT2D eigenvalue weighted by Crippen LogP contribution is -2.02. The summed E-state index contributed by atoms with van der Waals surface area (Å²) in [4.78, 5) is 10.1. The van der Waals surface area contributed by atoms with E-state index in [2.05, 4.69) is 0 Å². The van der Waals surface area contributed by atoms with Crippen molar-refractivity contribution >= 4 is 34.4 Å². The molecule has 1 rings (SSSR count). The normalized spacial score (nSPS) is 9.56. The highest BCUT2D eigenvalue weighted by atomic mass is 79.9. The van der Waals surface area contributed by atoms with Gasteiger partial charge in [-0.05, 0) is 6.07 Å². The molecule has 90 valence electrons. The molecule has 16 heavy (non-hydrogen) atoms. The van der Waals surface area contributed by atoms with Gasteiger partial charge in [-0.2, -0.15) is 11.8 Å². The second-order valence-electron chi connectivity index (χ2n) is 2.88. The van der Waals surface area contributed by atoms with Crippen molar-refractivity contribution in [3.63, 3.8) is 0 Å². The smallest absolute Gasteiger partial charge is 0.314 e. The Balaban J connectivity index is 0.00000225. The van der Waals surface area contributed by atoms with E-state index >= 15 is 0 Å². The number of para-hydroxylation sites is 1. The first-order valence-electron chi connectivity index (χ1n) is 4.40. The van der Waals surface area contributed by atoms with Crippen LogP contribution in [0.1, 0.15) is 5.56 Å². The maximum Gasteiger partial charge on any atom is 0.314 e. The fraction of sp³-hybridized carbons (Fsp3) is 0.333. The highest BCUT2D eigenvalue weighted by Gasteiger charge is 2.18. The molecule has 0 amide bonds. The first kappa shape index (κ1) is 15.2. The standard InChI is InChI=1S/C9H12N2O3S.BrH/c10-4-5-15-6-7-2-1-3-8(12)9(7)11(13)14;/h1-3,12H,4-6,10H2;1H. The number of halogens is 1. The Hall–Kier alpha value is -0.790. The van der Waals surface area contributed by atoms with Crippen LogP contribution in [0.4, 0.5) is 5.69 Å². The predicted molar refractivity (Wildman–Crippen MR) is 70.3 cm³/mol. The van der Waals surface area contributed by atoms with Gasteiger partial charge in [0.2, 0.25) is 0 Å². The number of nitrogens with zero attached hydrogens (tertiary/aromatic N) is 1. The SMILES string of the molecule is Br.NCCSCc1cccc(O)c1[N+](=O)[O-]. The van der Waals surface area contributed by atoms with E-state index in [9.17, 15) is 15.2 Å². The van der Waals surface area contributed by atoms with Gasteiger partial charge in [-0.3, -0.25) is 10.1 Å². The van der Waals surface area contributed by atoms with E-state index in [4.69, 9.17) is 5.73 Å². The first-order valence-corrected chi connectivity index (χ1v) is 5.55. The zero-order valence-electron chi connectivity index (χ0n) is 8.46. The van der Waals surface area contributed by atoms with Gasteiger partial charge in [-0.15, -0.1) is 17.0 Å². The number of nitro benzene ring substituents is 1. The van der Waals surface area contributed by atoms with Gasteiger partial charge in [0.15, 0.2) is 5.75 Å². The molecule has 0 unspecified atom stereocenters. The molecule has 0 bridgehead atoms. The number of rotatable bonds is 5. The van der Waals surface area contributed by atoms with Gasteiger partial charge in [0.05, 0.1) is 4.92 Å². The summed E-state index contributed by atoms with van der Waals surface area (Å²) >= 11 is 1.51. The third kappa shape index (κ3) is 3.99. The zero-order valence-corrected chi connectivity index (χ0v) is 11.0. The second-order valence-corrected chi connectivity index (χ2v) is 3.99. The van der Waals surface area contributed by atoms with Crippen molar-refractivity contribution < 1.29 is 10.0 Å². The summed E-state index contributed by atoms with van der Waals surface area (Å²) in [5.41, 5.74) is 5.64. The lowest BCUT2D eigenvalue weighted by Gasteiger charge is -2.03. The van der Waals surface area contributed by atoms with Crippen LogP contribution in [0.25, 0.3) is 0 Å². The lowest BCUT2D eigenvalue weighted by molar-refractivity contribution is -0.386. The van der Waals surface area contributed by atoms with Crippen LogP contribution in [-0.4, -0.2) is 22.3 Å². The van der Waals surface area contributed by atoms with Gasteiger partial charge in [-0.1, -0.05) is 12.1 Å². The van der Waals surface area contributed by atoms with Crippen LogP contribution in [0.15, 0.2) is 18.2 Å². The van der Waals surface area contributed by atoms with E-state index in [1.54, 1.807) is 12.1 Å². The third-order valence-corrected chi connectivity index (χ3v) is 2.84. The van der Waals surface area contributed by atoms with E-state index in [1.807, 2.05) is 0 Å². The van der Waals surface area contributed by atoms with Gasteiger partial charge >= 0.3 is 5.69 Å². The maximum absolute atomic E-state index is 10.7. The average Bonchev–Trinajstić information content (AvgIpc) is 2.17. The molecular formula is C9H13BrN2O3S. The Morgan fingerprint density at radius 3 is 2.75 bits per heavy atom. The quantitative estimate of drug-likeness (QED) is 0.494. The summed E-state index contributed by atoms with van der Waals surface area (Å²) in [6, 6.07) is 4.55. The molecule has 0 aliphatic heterocycles. The molecule has 0 fully saturated rings. The lowest BCUT2D eigenvalue weighted by atomic mass is 10.2. The number of phenolic OH excluding ortho intramolecular Hbond substituents is 1. The highest BCUT2D eigenvalue weighted by molar-refractivity contribution is 8.93. The largest absolute Gasteiger partial charge is 0.502 e. The average molecular weight is 309 g/mol. The van der Waals surface area contributed by atoms with Crippen molar-refractivity contribution in [1.29, 1.82) is 0 Å². The number of nitro groups is 1. The van der Waals surface area contributed by atoms with Crippen LogP contribution in [0.5, 0.6) is 5.75 Å². The maximum atomic E-state index is 10.7. The van der Waals surface area contributed by atoms with Gasteiger partial charge in [0.25, 0.3) is 0 Å². The van der Waals surface area contributed by atoms with E-state index in [0.717, 1.165) is 5.75 Å². The molecule has 1 aromatic carbocycles. The van der Waals surface area contributed by atoms with Crippen LogP contribution in [0.2, 0.25) is 0 Å². The van der Waals surface area contributed by atoms with Gasteiger partial charge in [-0.25, -0.2) is 0 Å². The number of phenols is 1. The van der Waals surface area contributed by atoms with Crippen LogP contribution in [-0.2, 0) is 5.75 Å². The molecule has 0 aliphatic rings. The fourth-order valence-electron chi connectivity index (χ4n) is 1.17. The van der Waals surface area contributed by atoms with Crippen molar-refractivity contribution in [2.75, 3.05) is 12.3 Å². The molecule has 5 nitrogen and oxygen atoms in total. The van der Waals surface area contributed by atoms with Crippen molar-refractivity contribution in [2.45, 2.75) is 5.75 Å². The number of hydrogen-bond donors (Lipinski definition) is 2. The Morgan fingerprint density at radius 1 is 1.50 bits per heavy atom. The van der Waals surface area contributed by atoms with Crippen molar-refractivity contribution in [3.8, 4) is 5.75 Å². The summed E-state index contributed by atoms with van der Waals surface area (Å²) in [7, 11) is 0. The molecule has 1 aromatic rings. The van der Waals surface area contributed by atoms with E-state index in [0.29, 0.717) is 17.9 Å². The number of thioether (sulfide) groups is 1. The van der Waals surface area contributed by atoms with Crippen LogP contribution in [0, 0.1) is 10.1 Å². The molecule has 0 aliphatic carbocycles. The molecule has 0 aromatic heterocycles. The van der Waals surface area contributed by atoms with E-state index < -0.39 is 4.92 Å². The van der Waals surface area contributed by atoms with Crippen molar-refractivity contribution in [3.05, 3.63) is 33.9 Å². The van der Waals surface area contributed by atoms with Gasteiger partial charge in [0.1, 0.15) is 0 Å². The van der Waals surface area contributed by atoms with Gasteiger partial charge in [0, 0.05) is 23.6 Å². The Bertz CT molecular complexity index is 363. The first-order chi connectivity index (χ1) is 7.16. The van der Waals surface area contributed by atoms with E-state index in [1.165, 1.54) is 17.8 Å². The van der Waals surface area contributed by atoms with Crippen LogP contribution in [0.3, 0.4) is 0 Å². The summed E-state index contributed by atoms with van der Waals surface area (Å²) in [6.07, 6.45) is 0. The van der Waals surface area contributed by atoms with Crippen LogP contribution < -0.4 is 5.73 Å². The Labute approximate surface area is 108 Å². The van der Waals surface area contributed by atoms with E-state index in [-0.39, 0.29) is 28.4 Å². The van der Waals surface area contributed by atoms with Gasteiger partial charge < -0.3 is 10.8 Å². The number of nitrogens with two attached hydrogens (primary N) is 1. The summed E-state index contributed by atoms with van der Waals surface area (Å²) in [6.45, 7) is 0.539. The number of aromatic hydroxyl groups is 1. The highest BCUT2D eigenvalue weighted by Crippen LogP contribution is 2.31. The third-order valence-electron chi connectivity index (χ3n) is 1.80. The molecule has 3 N–H and O–H groups in total. The minimum absolute atomic E-state index is 0. The molecule has 0 atom stereocenters. The minimum Gasteiger partial charge on any atom is -0.502 e. The van der Waals surface area contributed by atoms with Crippen molar-refractivity contribution in [2.24, 2.45) is 5.73 Å². The molecule has 0 spiro atoms. The summed E-state index contributed by atoms with van der Waals surface area (Å²) < 4.78 is 0. The molecule has 0 heterocycles. The fourth-order valence-corrected chi connectivity index (χ4v) is 1.93. The Kier molecular flexibility index (Phi) is 7.11.